The highest BCUT2D eigenvalue weighted by Crippen LogP contribution is 2.36. The van der Waals surface area contributed by atoms with Crippen LogP contribution < -0.4 is 21.1 Å². The summed E-state index contributed by atoms with van der Waals surface area (Å²) in [6.45, 7) is 1.63. The van der Waals surface area contributed by atoms with Gasteiger partial charge in [-0.25, -0.2) is 4.79 Å². The largest absolute Gasteiger partial charge is 0.378 e. The second-order valence-corrected chi connectivity index (χ2v) is 9.81. The molecule has 37 heavy (non-hydrogen) atoms. The minimum absolute atomic E-state index is 0.00577. The summed E-state index contributed by atoms with van der Waals surface area (Å²) in [5, 5.41) is 14.3. The van der Waals surface area contributed by atoms with Gasteiger partial charge in [0, 0.05) is 62.3 Å². The highest BCUT2D eigenvalue weighted by molar-refractivity contribution is 5.99. The molecule has 188 valence electrons. The van der Waals surface area contributed by atoms with Crippen LogP contribution in [0.1, 0.15) is 34.0 Å². The Balaban J connectivity index is 1.30. The van der Waals surface area contributed by atoms with Gasteiger partial charge in [-0.05, 0) is 66.9 Å². The van der Waals surface area contributed by atoms with Crippen LogP contribution in [0.2, 0.25) is 0 Å². The summed E-state index contributed by atoms with van der Waals surface area (Å²) < 4.78 is 1.73. The van der Waals surface area contributed by atoms with E-state index in [2.05, 4.69) is 10.6 Å². The normalized spacial score (nSPS) is 17.8. The lowest BCUT2D eigenvalue weighted by atomic mass is 9.83. The number of hydrogen-bond donors (Lipinski definition) is 2. The van der Waals surface area contributed by atoms with E-state index in [9.17, 15) is 14.4 Å². The Kier molecular flexibility index (Phi) is 6.40. The van der Waals surface area contributed by atoms with Gasteiger partial charge in [0.2, 0.25) is 0 Å². The molecular weight excluding hydrogens is 468 g/mol. The van der Waals surface area contributed by atoms with Gasteiger partial charge in [-0.3, -0.25) is 9.59 Å². The van der Waals surface area contributed by atoms with E-state index in [-0.39, 0.29) is 29.0 Å². The summed E-state index contributed by atoms with van der Waals surface area (Å²) in [6.07, 6.45) is 0.922. The fourth-order valence-electron chi connectivity index (χ4n) is 5.24. The minimum Gasteiger partial charge on any atom is -0.378 e. The molecule has 2 aliphatic rings. The Labute approximate surface area is 214 Å². The molecule has 2 atom stereocenters. The summed E-state index contributed by atoms with van der Waals surface area (Å²) in [4.78, 5) is 42.9. The number of rotatable bonds is 4. The number of aromatic nitrogens is 1. The fourth-order valence-corrected chi connectivity index (χ4v) is 5.24. The van der Waals surface area contributed by atoms with E-state index in [1.54, 1.807) is 34.9 Å². The first-order chi connectivity index (χ1) is 17.8. The number of amides is 3. The Hall–Kier alpha value is -4.58. The molecule has 0 unspecified atom stereocenters. The standard InChI is InChI=1S/C28H28N6O3/c1-32(2)23-8-6-20(7-9-23)26(35)33-15-19-12-21(17-33)25-11-10-24(27(36)34(25)16-19)31-28(37)30-22-5-3-4-18(13-22)14-29/h3-11,13,19,21H,12,15-17H2,1-2H3,(H2,30,31,37)/t19-,21+/m0/s1. The van der Waals surface area contributed by atoms with Crippen LogP contribution in [0.5, 0.6) is 0 Å². The van der Waals surface area contributed by atoms with Crippen LogP contribution in [0.3, 0.4) is 0 Å². The van der Waals surface area contributed by atoms with Crippen molar-refractivity contribution in [1.29, 1.82) is 5.26 Å². The van der Waals surface area contributed by atoms with Crippen molar-refractivity contribution in [2.45, 2.75) is 18.9 Å². The summed E-state index contributed by atoms with van der Waals surface area (Å²) >= 11 is 0. The molecule has 9 nitrogen and oxygen atoms in total. The molecule has 3 aromatic rings. The molecule has 2 N–H and O–H groups in total. The molecule has 1 saturated heterocycles. The van der Waals surface area contributed by atoms with Crippen molar-refractivity contribution in [2.24, 2.45) is 5.92 Å². The zero-order valence-corrected chi connectivity index (χ0v) is 20.8. The zero-order chi connectivity index (χ0) is 26.1. The Morgan fingerprint density at radius 1 is 1.00 bits per heavy atom. The van der Waals surface area contributed by atoms with Gasteiger partial charge in [0.1, 0.15) is 5.69 Å². The lowest BCUT2D eigenvalue weighted by Gasteiger charge is -2.43. The number of nitrogens with zero attached hydrogens (tertiary/aromatic N) is 4. The van der Waals surface area contributed by atoms with Gasteiger partial charge in [-0.2, -0.15) is 5.26 Å². The van der Waals surface area contributed by atoms with E-state index in [0.717, 1.165) is 17.8 Å². The lowest BCUT2D eigenvalue weighted by molar-refractivity contribution is 0.0594. The summed E-state index contributed by atoms with van der Waals surface area (Å²) in [5.74, 6) is 0.222. The van der Waals surface area contributed by atoms with Crippen LogP contribution in [-0.4, -0.2) is 48.6 Å². The number of hydrogen-bond acceptors (Lipinski definition) is 5. The summed E-state index contributed by atoms with van der Waals surface area (Å²) in [6, 6.07) is 19.1. The Morgan fingerprint density at radius 2 is 1.78 bits per heavy atom. The molecule has 0 radical (unpaired) electrons. The van der Waals surface area contributed by atoms with Crippen molar-refractivity contribution in [3.05, 3.63) is 87.8 Å². The van der Waals surface area contributed by atoms with E-state index in [0.29, 0.717) is 36.4 Å². The molecule has 9 heteroatoms. The number of nitrogens with one attached hydrogen (secondary N) is 2. The molecule has 1 aromatic heterocycles. The van der Waals surface area contributed by atoms with Gasteiger partial charge >= 0.3 is 6.03 Å². The average Bonchev–Trinajstić information content (AvgIpc) is 2.90. The Morgan fingerprint density at radius 3 is 2.51 bits per heavy atom. The van der Waals surface area contributed by atoms with Crippen molar-refractivity contribution >= 4 is 29.0 Å². The molecule has 2 aliphatic heterocycles. The van der Waals surface area contributed by atoms with Crippen LogP contribution in [0.25, 0.3) is 0 Å². The van der Waals surface area contributed by atoms with Crippen LogP contribution >= 0.6 is 0 Å². The molecule has 2 aromatic carbocycles. The second kappa shape index (κ2) is 9.82. The molecule has 0 saturated carbocycles. The summed E-state index contributed by atoms with van der Waals surface area (Å²) in [7, 11) is 3.92. The number of urea groups is 1. The van der Waals surface area contributed by atoms with Gasteiger partial charge in [0.05, 0.1) is 11.6 Å². The van der Waals surface area contributed by atoms with Gasteiger partial charge in [-0.15, -0.1) is 0 Å². The number of likely N-dealkylation sites (tertiary alicyclic amines) is 1. The van der Waals surface area contributed by atoms with Crippen LogP contribution in [0.15, 0.2) is 65.5 Å². The quantitative estimate of drug-likeness (QED) is 0.572. The second-order valence-electron chi connectivity index (χ2n) is 9.81. The molecule has 5 rings (SSSR count). The highest BCUT2D eigenvalue weighted by Gasteiger charge is 2.37. The third kappa shape index (κ3) is 4.91. The maximum Gasteiger partial charge on any atom is 0.323 e. The van der Waals surface area contributed by atoms with Gasteiger partial charge < -0.3 is 25.0 Å². The molecule has 0 aliphatic carbocycles. The number of anilines is 3. The van der Waals surface area contributed by atoms with Crippen molar-refractivity contribution in [3.63, 3.8) is 0 Å². The van der Waals surface area contributed by atoms with Crippen molar-refractivity contribution < 1.29 is 9.59 Å². The highest BCUT2D eigenvalue weighted by atomic mass is 16.2. The van der Waals surface area contributed by atoms with E-state index in [1.165, 1.54) is 0 Å². The topological polar surface area (TPSA) is 110 Å². The average molecular weight is 497 g/mol. The number of pyridine rings is 1. The lowest BCUT2D eigenvalue weighted by Crippen LogP contribution is -2.49. The monoisotopic (exact) mass is 496 g/mol. The van der Waals surface area contributed by atoms with Crippen LogP contribution in [0, 0.1) is 17.2 Å². The number of benzene rings is 2. The molecule has 3 heterocycles. The minimum atomic E-state index is -0.555. The SMILES string of the molecule is CN(C)c1ccc(C(=O)N2C[C@@H]3C[C@H](C2)c2ccc(NC(=O)Nc4cccc(C#N)c4)c(=O)n2C3)cc1. The summed E-state index contributed by atoms with van der Waals surface area (Å²) in [5.41, 5.74) is 3.40. The molecular formula is C28H28N6O3. The maximum atomic E-state index is 13.2. The number of piperidine rings is 1. The predicted molar refractivity (Wildman–Crippen MR) is 142 cm³/mol. The molecule has 0 spiro atoms. The molecule has 1 fully saturated rings. The number of carbonyl (C=O) groups excluding carboxylic acids is 2. The number of nitriles is 1. The van der Waals surface area contributed by atoms with E-state index in [1.807, 2.05) is 60.3 Å². The van der Waals surface area contributed by atoms with Gasteiger partial charge in [0.15, 0.2) is 0 Å². The zero-order valence-electron chi connectivity index (χ0n) is 20.8. The third-order valence-corrected chi connectivity index (χ3v) is 7.02. The number of fused-ring (bicyclic) bond motifs is 4. The Bertz CT molecular complexity index is 1450. The van der Waals surface area contributed by atoms with Crippen molar-refractivity contribution in [1.82, 2.24) is 9.47 Å². The van der Waals surface area contributed by atoms with Crippen LogP contribution in [-0.2, 0) is 6.54 Å². The molecule has 2 bridgehead atoms. The predicted octanol–water partition coefficient (Wildman–Crippen LogP) is 3.69. The van der Waals surface area contributed by atoms with E-state index >= 15 is 0 Å². The van der Waals surface area contributed by atoms with Gasteiger partial charge in [0.25, 0.3) is 11.5 Å². The van der Waals surface area contributed by atoms with Crippen molar-refractivity contribution in [3.8, 4) is 6.07 Å². The van der Waals surface area contributed by atoms with E-state index in [4.69, 9.17) is 5.26 Å². The molecule has 3 amide bonds. The van der Waals surface area contributed by atoms with E-state index < -0.39 is 6.03 Å². The number of carbonyl (C=O) groups is 2. The third-order valence-electron chi connectivity index (χ3n) is 7.02. The van der Waals surface area contributed by atoms with Crippen LogP contribution in [0.4, 0.5) is 21.9 Å². The fraction of sp³-hybridized carbons (Fsp3) is 0.286. The first-order valence-corrected chi connectivity index (χ1v) is 12.2. The maximum absolute atomic E-state index is 13.2. The smallest absolute Gasteiger partial charge is 0.323 e. The first kappa shape index (κ1) is 24.1. The first-order valence-electron chi connectivity index (χ1n) is 12.2. The van der Waals surface area contributed by atoms with Gasteiger partial charge in [-0.1, -0.05) is 6.07 Å². The van der Waals surface area contributed by atoms with Crippen molar-refractivity contribution in [2.75, 3.05) is 42.7 Å².